The van der Waals surface area contributed by atoms with E-state index in [1.165, 1.54) is 17.6 Å². The summed E-state index contributed by atoms with van der Waals surface area (Å²) in [4.78, 5) is 0. The van der Waals surface area contributed by atoms with E-state index in [0.29, 0.717) is 11.8 Å². The molecular formula is C16H16N2. The number of rotatable bonds is 0. The van der Waals surface area contributed by atoms with Crippen LogP contribution < -0.4 is 0 Å². The first-order valence-electron chi connectivity index (χ1n) is 6.71. The van der Waals surface area contributed by atoms with Gasteiger partial charge in [-0.2, -0.15) is 10.5 Å². The van der Waals surface area contributed by atoms with E-state index < -0.39 is 0 Å². The van der Waals surface area contributed by atoms with Crippen LogP contribution in [-0.4, -0.2) is 0 Å². The molecule has 0 amide bonds. The monoisotopic (exact) mass is 236 g/mol. The third-order valence-electron chi connectivity index (χ3n) is 4.58. The molecule has 0 aliphatic heterocycles. The van der Waals surface area contributed by atoms with Crippen molar-refractivity contribution in [1.82, 2.24) is 0 Å². The zero-order valence-electron chi connectivity index (χ0n) is 10.3. The second-order valence-electron chi connectivity index (χ2n) is 5.52. The zero-order chi connectivity index (χ0) is 12.5. The molecule has 3 aliphatic carbocycles. The molecule has 3 aliphatic rings. The topological polar surface area (TPSA) is 47.6 Å². The highest BCUT2D eigenvalue weighted by atomic mass is 14.4. The van der Waals surface area contributed by atoms with Crippen molar-refractivity contribution in [3.05, 3.63) is 35.5 Å². The maximum atomic E-state index is 9.35. The molecule has 2 nitrogen and oxygen atoms in total. The Hall–Kier alpha value is -1.80. The fourth-order valence-corrected chi connectivity index (χ4v) is 3.59. The average Bonchev–Trinajstić information content (AvgIpc) is 2.43. The van der Waals surface area contributed by atoms with Gasteiger partial charge in [-0.3, -0.25) is 0 Å². The van der Waals surface area contributed by atoms with Crippen molar-refractivity contribution in [3.8, 4) is 12.1 Å². The van der Waals surface area contributed by atoms with Gasteiger partial charge in [0.15, 0.2) is 0 Å². The highest BCUT2D eigenvalue weighted by molar-refractivity contribution is 5.40. The van der Waals surface area contributed by atoms with Crippen molar-refractivity contribution in [2.75, 3.05) is 0 Å². The Morgan fingerprint density at radius 2 is 2.00 bits per heavy atom. The van der Waals surface area contributed by atoms with E-state index in [9.17, 15) is 5.26 Å². The molecule has 1 fully saturated rings. The summed E-state index contributed by atoms with van der Waals surface area (Å²) >= 11 is 0. The Balaban J connectivity index is 1.99. The average molecular weight is 236 g/mol. The summed E-state index contributed by atoms with van der Waals surface area (Å²) in [6.07, 6.45) is 13.0. The molecule has 90 valence electrons. The molecule has 0 aromatic heterocycles. The molecule has 0 bridgehead atoms. The van der Waals surface area contributed by atoms with E-state index in [1.807, 2.05) is 0 Å². The Bertz CT molecular complexity index is 524. The van der Waals surface area contributed by atoms with Crippen LogP contribution in [0.5, 0.6) is 0 Å². The van der Waals surface area contributed by atoms with Gasteiger partial charge in [0.05, 0.1) is 24.0 Å². The summed E-state index contributed by atoms with van der Waals surface area (Å²) < 4.78 is 0. The van der Waals surface area contributed by atoms with Crippen LogP contribution in [0.1, 0.15) is 25.7 Å². The molecule has 0 spiro atoms. The molecule has 0 aromatic carbocycles. The Morgan fingerprint density at radius 1 is 1.11 bits per heavy atom. The van der Waals surface area contributed by atoms with Crippen molar-refractivity contribution in [1.29, 1.82) is 10.5 Å². The third kappa shape index (κ3) is 1.70. The van der Waals surface area contributed by atoms with E-state index in [-0.39, 0.29) is 11.8 Å². The highest BCUT2D eigenvalue weighted by Gasteiger charge is 2.38. The minimum Gasteiger partial charge on any atom is -0.198 e. The smallest absolute Gasteiger partial charge is 0.0836 e. The first-order valence-corrected chi connectivity index (χ1v) is 6.71. The number of nitriles is 2. The van der Waals surface area contributed by atoms with Crippen LogP contribution in [0.25, 0.3) is 0 Å². The SMILES string of the molecule is N#CC1CCC2CC3CC=CC=C3C=C2C1C#N. The van der Waals surface area contributed by atoms with Gasteiger partial charge in [-0.15, -0.1) is 0 Å². The van der Waals surface area contributed by atoms with Gasteiger partial charge in [0, 0.05) is 0 Å². The van der Waals surface area contributed by atoms with E-state index in [2.05, 4.69) is 36.4 Å². The van der Waals surface area contributed by atoms with Gasteiger partial charge in [0.2, 0.25) is 0 Å². The van der Waals surface area contributed by atoms with Gasteiger partial charge in [-0.1, -0.05) is 24.3 Å². The predicted molar refractivity (Wildman–Crippen MR) is 69.0 cm³/mol. The Kier molecular flexibility index (Phi) is 2.80. The van der Waals surface area contributed by atoms with E-state index >= 15 is 0 Å². The summed E-state index contributed by atoms with van der Waals surface area (Å²) in [5.74, 6) is 0.893. The van der Waals surface area contributed by atoms with Gasteiger partial charge >= 0.3 is 0 Å². The molecule has 2 heteroatoms. The molecule has 3 rings (SSSR count). The number of nitrogens with zero attached hydrogens (tertiary/aromatic N) is 2. The molecule has 0 heterocycles. The summed E-state index contributed by atoms with van der Waals surface area (Å²) in [5.41, 5.74) is 2.59. The summed E-state index contributed by atoms with van der Waals surface area (Å²) in [5, 5.41) is 18.5. The Morgan fingerprint density at radius 3 is 2.78 bits per heavy atom. The first kappa shape index (κ1) is 11.3. The lowest BCUT2D eigenvalue weighted by Gasteiger charge is -2.39. The van der Waals surface area contributed by atoms with Crippen LogP contribution in [0.4, 0.5) is 0 Å². The fourth-order valence-electron chi connectivity index (χ4n) is 3.59. The van der Waals surface area contributed by atoms with E-state index in [0.717, 1.165) is 19.3 Å². The van der Waals surface area contributed by atoms with Crippen molar-refractivity contribution in [3.63, 3.8) is 0 Å². The van der Waals surface area contributed by atoms with Crippen molar-refractivity contribution >= 4 is 0 Å². The molecule has 4 unspecified atom stereocenters. The number of allylic oxidation sites excluding steroid dienone is 6. The highest BCUT2D eigenvalue weighted by Crippen LogP contribution is 2.47. The number of hydrogen-bond donors (Lipinski definition) is 0. The maximum absolute atomic E-state index is 9.35. The lowest BCUT2D eigenvalue weighted by molar-refractivity contribution is 0.301. The van der Waals surface area contributed by atoms with Gasteiger partial charge in [0.1, 0.15) is 0 Å². The molecule has 0 N–H and O–H groups in total. The predicted octanol–water partition coefficient (Wildman–Crippen LogP) is 3.51. The quantitative estimate of drug-likeness (QED) is 0.646. The largest absolute Gasteiger partial charge is 0.198 e. The summed E-state index contributed by atoms with van der Waals surface area (Å²) in [6, 6.07) is 4.68. The molecule has 4 atom stereocenters. The third-order valence-corrected chi connectivity index (χ3v) is 4.58. The normalized spacial score (nSPS) is 37.4. The maximum Gasteiger partial charge on any atom is 0.0836 e. The van der Waals surface area contributed by atoms with Crippen LogP contribution in [0, 0.1) is 46.3 Å². The second kappa shape index (κ2) is 4.46. The summed E-state index contributed by atoms with van der Waals surface area (Å²) in [7, 11) is 0. The minimum absolute atomic E-state index is 0.103. The van der Waals surface area contributed by atoms with Crippen LogP contribution in [0.3, 0.4) is 0 Å². The first-order chi connectivity index (χ1) is 8.83. The molecular weight excluding hydrogens is 220 g/mol. The second-order valence-corrected chi connectivity index (χ2v) is 5.52. The standard InChI is InChI=1S/C16H16N2/c17-9-14-6-5-13-7-11-3-1-2-4-12(11)8-15(13)16(14)10-18/h1-2,4,8,11,13-14,16H,3,5-7H2. The molecule has 0 radical (unpaired) electrons. The number of hydrogen-bond acceptors (Lipinski definition) is 2. The van der Waals surface area contributed by atoms with E-state index in [1.54, 1.807) is 0 Å². The van der Waals surface area contributed by atoms with Crippen LogP contribution in [0.15, 0.2) is 35.5 Å². The zero-order valence-corrected chi connectivity index (χ0v) is 10.3. The van der Waals surface area contributed by atoms with E-state index in [4.69, 9.17) is 5.26 Å². The van der Waals surface area contributed by atoms with Crippen molar-refractivity contribution < 1.29 is 0 Å². The van der Waals surface area contributed by atoms with Crippen molar-refractivity contribution in [2.45, 2.75) is 25.7 Å². The minimum atomic E-state index is -0.179. The van der Waals surface area contributed by atoms with Gasteiger partial charge < -0.3 is 0 Å². The van der Waals surface area contributed by atoms with Gasteiger partial charge in [-0.25, -0.2) is 0 Å². The molecule has 0 aromatic rings. The molecule has 0 saturated heterocycles. The molecule has 18 heavy (non-hydrogen) atoms. The van der Waals surface area contributed by atoms with Gasteiger partial charge in [0.25, 0.3) is 0 Å². The molecule has 1 saturated carbocycles. The Labute approximate surface area is 108 Å². The van der Waals surface area contributed by atoms with Gasteiger partial charge in [-0.05, 0) is 48.7 Å². The van der Waals surface area contributed by atoms with Crippen molar-refractivity contribution in [2.24, 2.45) is 23.7 Å². The van der Waals surface area contributed by atoms with Crippen LogP contribution in [-0.2, 0) is 0 Å². The van der Waals surface area contributed by atoms with Crippen LogP contribution in [0.2, 0.25) is 0 Å². The lowest BCUT2D eigenvalue weighted by atomic mass is 9.64. The number of fused-ring (bicyclic) bond motifs is 2. The fraction of sp³-hybridized carbons (Fsp3) is 0.500. The summed E-state index contributed by atoms with van der Waals surface area (Å²) in [6.45, 7) is 0. The lowest BCUT2D eigenvalue weighted by Crippen LogP contribution is -2.30. The van der Waals surface area contributed by atoms with Crippen LogP contribution >= 0.6 is 0 Å².